The second-order valence-corrected chi connectivity index (χ2v) is 6.09. The molecule has 0 bridgehead atoms. The van der Waals surface area contributed by atoms with Crippen molar-refractivity contribution in [3.8, 4) is 11.4 Å². The summed E-state index contributed by atoms with van der Waals surface area (Å²) in [5, 5.41) is 0.751. The molecule has 3 aromatic rings. The number of benzene rings is 2. The van der Waals surface area contributed by atoms with E-state index in [4.69, 9.17) is 22.1 Å². The first-order valence-electron chi connectivity index (χ1n) is 7.55. The van der Waals surface area contributed by atoms with Crippen LogP contribution in [0.1, 0.15) is 24.4 Å². The number of hydrogen-bond donors (Lipinski definition) is 1. The first kappa shape index (κ1) is 16.5. The second-order valence-electron chi connectivity index (χ2n) is 5.69. The van der Waals surface area contributed by atoms with Gasteiger partial charge in [-0.3, -0.25) is 9.36 Å². The van der Waals surface area contributed by atoms with Gasteiger partial charge in [0, 0.05) is 6.07 Å². The highest BCUT2D eigenvalue weighted by molar-refractivity contribution is 6.35. The summed E-state index contributed by atoms with van der Waals surface area (Å²) >= 11 is 6.24. The Kier molecular flexibility index (Phi) is 4.30. The number of aromatic nitrogens is 2. The van der Waals surface area contributed by atoms with Gasteiger partial charge in [0.15, 0.2) is 0 Å². The minimum absolute atomic E-state index is 0.241. The average Bonchev–Trinajstić information content (AvgIpc) is 2.55. The molecule has 0 unspecified atom stereocenters. The Labute approximate surface area is 144 Å². The molecule has 0 aliphatic carbocycles. The molecule has 1 heterocycles. The number of rotatable bonds is 3. The molecule has 1 aromatic heterocycles. The van der Waals surface area contributed by atoms with E-state index in [1.165, 1.54) is 4.57 Å². The van der Waals surface area contributed by atoms with Crippen LogP contribution in [0.4, 0.5) is 0 Å². The fraction of sp³-hybridized carbons (Fsp3) is 0.222. The standard InChI is InChI=1S/C18H18ClN3O2/c1-10-7-8-12(24-3)9-15(10)22-17(11(2)20)21-14-6-4-5-13(19)16(14)18(22)23/h4-9,11H,20H2,1-3H3/t11-/m0/s1. The lowest BCUT2D eigenvalue weighted by Crippen LogP contribution is -2.28. The van der Waals surface area contributed by atoms with E-state index in [9.17, 15) is 4.79 Å². The molecule has 124 valence electrons. The maximum Gasteiger partial charge on any atom is 0.267 e. The maximum atomic E-state index is 13.2. The Morgan fingerprint density at radius 3 is 2.71 bits per heavy atom. The van der Waals surface area contributed by atoms with Crippen LogP contribution in [0.2, 0.25) is 5.02 Å². The van der Waals surface area contributed by atoms with E-state index < -0.39 is 6.04 Å². The molecule has 0 saturated carbocycles. The van der Waals surface area contributed by atoms with Gasteiger partial charge in [-0.1, -0.05) is 23.7 Å². The van der Waals surface area contributed by atoms with Crippen LogP contribution in [-0.2, 0) is 0 Å². The number of fused-ring (bicyclic) bond motifs is 1. The highest BCUT2D eigenvalue weighted by atomic mass is 35.5. The number of halogens is 1. The van der Waals surface area contributed by atoms with Crippen LogP contribution in [0.5, 0.6) is 5.75 Å². The molecule has 2 aromatic carbocycles. The molecular formula is C18H18ClN3O2. The van der Waals surface area contributed by atoms with Gasteiger partial charge >= 0.3 is 0 Å². The van der Waals surface area contributed by atoms with Crippen molar-refractivity contribution in [1.29, 1.82) is 0 Å². The lowest BCUT2D eigenvalue weighted by atomic mass is 10.1. The van der Waals surface area contributed by atoms with Gasteiger partial charge in [-0.25, -0.2) is 4.98 Å². The zero-order valence-corrected chi connectivity index (χ0v) is 14.5. The summed E-state index contributed by atoms with van der Waals surface area (Å²) in [5.41, 5.74) is 7.97. The lowest BCUT2D eigenvalue weighted by molar-refractivity contribution is 0.414. The number of methoxy groups -OCH3 is 1. The van der Waals surface area contributed by atoms with Crippen LogP contribution in [0.15, 0.2) is 41.2 Å². The van der Waals surface area contributed by atoms with Crippen LogP contribution in [0.25, 0.3) is 16.6 Å². The average molecular weight is 344 g/mol. The molecule has 0 radical (unpaired) electrons. The topological polar surface area (TPSA) is 70.1 Å². The van der Waals surface area contributed by atoms with Crippen LogP contribution in [-0.4, -0.2) is 16.7 Å². The highest BCUT2D eigenvalue weighted by Gasteiger charge is 2.18. The molecule has 0 aliphatic rings. The summed E-state index contributed by atoms with van der Waals surface area (Å²) in [5.74, 6) is 1.13. The lowest BCUT2D eigenvalue weighted by Gasteiger charge is -2.18. The minimum Gasteiger partial charge on any atom is -0.497 e. The number of nitrogens with zero attached hydrogens (tertiary/aromatic N) is 2. The van der Waals surface area contributed by atoms with E-state index in [-0.39, 0.29) is 5.56 Å². The van der Waals surface area contributed by atoms with Crippen molar-refractivity contribution in [2.24, 2.45) is 5.73 Å². The predicted molar refractivity (Wildman–Crippen MR) is 96.2 cm³/mol. The molecule has 5 nitrogen and oxygen atoms in total. The third kappa shape index (κ3) is 2.66. The van der Waals surface area contributed by atoms with Crippen LogP contribution in [0, 0.1) is 6.92 Å². The normalized spacial score (nSPS) is 12.4. The molecule has 2 N–H and O–H groups in total. The van der Waals surface area contributed by atoms with Crippen molar-refractivity contribution in [2.75, 3.05) is 7.11 Å². The molecule has 0 saturated heterocycles. The van der Waals surface area contributed by atoms with Crippen LogP contribution in [0.3, 0.4) is 0 Å². The van der Waals surface area contributed by atoms with Crippen molar-refractivity contribution in [3.63, 3.8) is 0 Å². The Morgan fingerprint density at radius 2 is 2.04 bits per heavy atom. The monoisotopic (exact) mass is 343 g/mol. The zero-order chi connectivity index (χ0) is 17.4. The third-order valence-electron chi connectivity index (χ3n) is 3.94. The Bertz CT molecular complexity index is 980. The fourth-order valence-electron chi connectivity index (χ4n) is 2.70. The van der Waals surface area contributed by atoms with Gasteiger partial charge in [-0.2, -0.15) is 0 Å². The molecule has 6 heteroatoms. The summed E-state index contributed by atoms with van der Waals surface area (Å²) in [4.78, 5) is 17.8. The summed E-state index contributed by atoms with van der Waals surface area (Å²) in [6.45, 7) is 3.72. The molecule has 1 atom stereocenters. The number of aryl methyl sites for hydroxylation is 1. The quantitative estimate of drug-likeness (QED) is 0.791. The van der Waals surface area contributed by atoms with E-state index in [0.717, 1.165) is 5.56 Å². The summed E-state index contributed by atoms with van der Waals surface area (Å²) in [7, 11) is 1.58. The Morgan fingerprint density at radius 1 is 1.29 bits per heavy atom. The van der Waals surface area contributed by atoms with E-state index in [1.807, 2.05) is 19.1 Å². The SMILES string of the molecule is COc1ccc(C)c(-n2c([C@H](C)N)nc3cccc(Cl)c3c2=O)c1. The molecule has 0 aliphatic heterocycles. The molecule has 0 fully saturated rings. The van der Waals surface area contributed by atoms with Gasteiger partial charge < -0.3 is 10.5 Å². The smallest absolute Gasteiger partial charge is 0.267 e. The second kappa shape index (κ2) is 6.26. The predicted octanol–water partition coefficient (Wildman–Crippen LogP) is 3.38. The van der Waals surface area contributed by atoms with E-state index in [1.54, 1.807) is 38.3 Å². The van der Waals surface area contributed by atoms with E-state index >= 15 is 0 Å². The molecule has 24 heavy (non-hydrogen) atoms. The molecule has 0 spiro atoms. The maximum absolute atomic E-state index is 13.2. The Balaban J connectivity index is 2.47. The first-order chi connectivity index (χ1) is 11.4. The zero-order valence-electron chi connectivity index (χ0n) is 13.7. The van der Waals surface area contributed by atoms with Crippen molar-refractivity contribution < 1.29 is 4.74 Å². The fourth-order valence-corrected chi connectivity index (χ4v) is 2.95. The highest BCUT2D eigenvalue weighted by Crippen LogP contribution is 2.25. The van der Waals surface area contributed by atoms with Gasteiger partial charge in [0.05, 0.1) is 34.8 Å². The van der Waals surface area contributed by atoms with Crippen LogP contribution >= 0.6 is 11.6 Å². The minimum atomic E-state index is -0.424. The van der Waals surface area contributed by atoms with E-state index in [2.05, 4.69) is 4.98 Å². The van der Waals surface area contributed by atoms with Gasteiger partial charge in [-0.15, -0.1) is 0 Å². The third-order valence-corrected chi connectivity index (χ3v) is 4.25. The summed E-state index contributed by atoms with van der Waals surface area (Å²) in [6.07, 6.45) is 0. The summed E-state index contributed by atoms with van der Waals surface area (Å²) in [6, 6.07) is 10.3. The Hall–Kier alpha value is -2.37. The summed E-state index contributed by atoms with van der Waals surface area (Å²) < 4.78 is 6.81. The van der Waals surface area contributed by atoms with Crippen molar-refractivity contribution in [1.82, 2.24) is 9.55 Å². The van der Waals surface area contributed by atoms with Gasteiger partial charge in [0.25, 0.3) is 5.56 Å². The largest absolute Gasteiger partial charge is 0.497 e. The van der Waals surface area contributed by atoms with Crippen LogP contribution < -0.4 is 16.0 Å². The number of ether oxygens (including phenoxy) is 1. The van der Waals surface area contributed by atoms with Gasteiger partial charge in [-0.05, 0) is 37.6 Å². The molecule has 3 rings (SSSR count). The van der Waals surface area contributed by atoms with E-state index in [0.29, 0.717) is 33.2 Å². The van der Waals surface area contributed by atoms with Gasteiger partial charge in [0.1, 0.15) is 11.6 Å². The van der Waals surface area contributed by atoms with Crippen molar-refractivity contribution in [2.45, 2.75) is 19.9 Å². The van der Waals surface area contributed by atoms with Crippen molar-refractivity contribution in [3.05, 3.63) is 63.2 Å². The number of nitrogens with two attached hydrogens (primary N) is 1. The number of hydrogen-bond acceptors (Lipinski definition) is 4. The molecule has 0 amide bonds. The first-order valence-corrected chi connectivity index (χ1v) is 7.93. The van der Waals surface area contributed by atoms with Crippen molar-refractivity contribution >= 4 is 22.5 Å². The van der Waals surface area contributed by atoms with Gasteiger partial charge in [0.2, 0.25) is 0 Å². The molecular weight excluding hydrogens is 326 g/mol.